The van der Waals surface area contributed by atoms with E-state index in [1.807, 2.05) is 4.72 Å². The number of rotatable bonds is 6. The summed E-state index contributed by atoms with van der Waals surface area (Å²) in [4.78, 5) is 22.0. The summed E-state index contributed by atoms with van der Waals surface area (Å²) in [6.07, 6.45) is -0.457. The largest absolute Gasteiger partial charge is 0.480 e. The minimum Gasteiger partial charge on any atom is -0.480 e. The zero-order valence-electron chi connectivity index (χ0n) is 9.67. The minimum atomic E-state index is -3.69. The molecule has 0 bridgehead atoms. The molecule has 0 spiro atoms. The van der Waals surface area contributed by atoms with E-state index < -0.39 is 40.1 Å². The number of aliphatic hydroxyl groups excluding tert-OH is 1. The molecule has 0 aromatic carbocycles. The maximum absolute atomic E-state index is 11.5. The molecular weight excluding hydrogens is 252 g/mol. The number of amides is 1. The van der Waals surface area contributed by atoms with Gasteiger partial charge in [0.05, 0.1) is 12.4 Å². The van der Waals surface area contributed by atoms with Crippen molar-refractivity contribution in [1.82, 2.24) is 10.0 Å². The molecule has 0 aliphatic rings. The highest BCUT2D eigenvalue weighted by molar-refractivity contribution is 7.88. The van der Waals surface area contributed by atoms with Crippen LogP contribution in [0.4, 0.5) is 0 Å². The summed E-state index contributed by atoms with van der Waals surface area (Å²) in [6.45, 7) is 2.44. The van der Waals surface area contributed by atoms with E-state index >= 15 is 0 Å². The SMILES string of the molecule is C[C@@H](NC(=O)[C@@H](NS(C)(=O)=O)[C@@H](C)O)C(=O)O. The van der Waals surface area contributed by atoms with Crippen molar-refractivity contribution in [3.05, 3.63) is 0 Å². The molecule has 0 aromatic heterocycles. The Morgan fingerprint density at radius 3 is 2.00 bits per heavy atom. The van der Waals surface area contributed by atoms with Gasteiger partial charge in [0.2, 0.25) is 15.9 Å². The van der Waals surface area contributed by atoms with Gasteiger partial charge in [-0.2, -0.15) is 0 Å². The van der Waals surface area contributed by atoms with Gasteiger partial charge in [0.1, 0.15) is 12.1 Å². The third-order valence-corrected chi connectivity index (χ3v) is 2.52. The third kappa shape index (κ3) is 6.19. The van der Waals surface area contributed by atoms with Crippen LogP contribution in [0.15, 0.2) is 0 Å². The molecule has 17 heavy (non-hydrogen) atoms. The Morgan fingerprint density at radius 1 is 1.24 bits per heavy atom. The van der Waals surface area contributed by atoms with Crippen molar-refractivity contribution in [2.75, 3.05) is 6.26 Å². The van der Waals surface area contributed by atoms with Crippen molar-refractivity contribution in [1.29, 1.82) is 0 Å². The van der Waals surface area contributed by atoms with E-state index in [-0.39, 0.29) is 0 Å². The second-order valence-electron chi connectivity index (χ2n) is 3.68. The van der Waals surface area contributed by atoms with E-state index in [4.69, 9.17) is 5.11 Å². The van der Waals surface area contributed by atoms with E-state index in [0.29, 0.717) is 0 Å². The van der Waals surface area contributed by atoms with Crippen molar-refractivity contribution in [3.63, 3.8) is 0 Å². The maximum Gasteiger partial charge on any atom is 0.325 e. The Kier molecular flexibility index (Phi) is 5.52. The van der Waals surface area contributed by atoms with Gasteiger partial charge in [0.25, 0.3) is 0 Å². The molecule has 4 N–H and O–H groups in total. The maximum atomic E-state index is 11.5. The highest BCUT2D eigenvalue weighted by Gasteiger charge is 2.28. The molecule has 0 heterocycles. The first-order valence-electron chi connectivity index (χ1n) is 4.73. The van der Waals surface area contributed by atoms with Gasteiger partial charge < -0.3 is 15.5 Å². The van der Waals surface area contributed by atoms with Crippen molar-refractivity contribution in [3.8, 4) is 0 Å². The zero-order chi connectivity index (χ0) is 13.8. The lowest BCUT2D eigenvalue weighted by Crippen LogP contribution is -2.54. The summed E-state index contributed by atoms with van der Waals surface area (Å²) in [5.74, 6) is -2.16. The van der Waals surface area contributed by atoms with Crippen molar-refractivity contribution in [2.24, 2.45) is 0 Å². The third-order valence-electron chi connectivity index (χ3n) is 1.84. The van der Waals surface area contributed by atoms with E-state index in [9.17, 15) is 23.1 Å². The topological polar surface area (TPSA) is 133 Å². The molecule has 0 aliphatic carbocycles. The van der Waals surface area contributed by atoms with Gasteiger partial charge in [0, 0.05) is 0 Å². The number of nitrogens with one attached hydrogen (secondary N) is 2. The number of aliphatic carboxylic acids is 1. The monoisotopic (exact) mass is 268 g/mol. The van der Waals surface area contributed by atoms with Crippen molar-refractivity contribution in [2.45, 2.75) is 32.0 Å². The standard InChI is InChI=1S/C8H16N2O6S/c1-4(8(13)14)9-7(12)6(5(2)11)10-17(3,15)16/h4-6,10-11H,1-3H3,(H,9,12)(H,13,14)/t4-,5-,6+/m1/s1. The minimum absolute atomic E-state index is 0.830. The Bertz CT molecular complexity index is 391. The first-order chi connectivity index (χ1) is 7.54. The van der Waals surface area contributed by atoms with E-state index in [0.717, 1.165) is 6.26 Å². The molecule has 0 rings (SSSR count). The average Bonchev–Trinajstić information content (AvgIpc) is 2.11. The fourth-order valence-electron chi connectivity index (χ4n) is 0.967. The van der Waals surface area contributed by atoms with Gasteiger partial charge in [-0.05, 0) is 13.8 Å². The fourth-order valence-corrected chi connectivity index (χ4v) is 1.73. The van der Waals surface area contributed by atoms with Crippen LogP contribution in [0.1, 0.15) is 13.8 Å². The Hall–Kier alpha value is -1.19. The van der Waals surface area contributed by atoms with Crippen molar-refractivity contribution >= 4 is 21.9 Å². The average molecular weight is 268 g/mol. The van der Waals surface area contributed by atoms with Gasteiger partial charge in [-0.3, -0.25) is 9.59 Å². The molecule has 0 saturated heterocycles. The molecule has 8 nitrogen and oxygen atoms in total. The normalized spacial score (nSPS) is 16.9. The molecule has 3 atom stereocenters. The molecular formula is C8H16N2O6S. The van der Waals surface area contributed by atoms with Crippen molar-refractivity contribution < 1.29 is 28.2 Å². The number of carbonyl (C=O) groups is 2. The van der Waals surface area contributed by atoms with Crippen LogP contribution in [0.5, 0.6) is 0 Å². The summed E-state index contributed by atoms with van der Waals surface area (Å²) in [6, 6.07) is -2.60. The number of hydrogen-bond donors (Lipinski definition) is 4. The lowest BCUT2D eigenvalue weighted by Gasteiger charge is -2.20. The molecule has 9 heteroatoms. The Balaban J connectivity index is 4.73. The summed E-state index contributed by atoms with van der Waals surface area (Å²) < 4.78 is 23.8. The molecule has 0 fully saturated rings. The van der Waals surface area contributed by atoms with Crippen LogP contribution in [0.3, 0.4) is 0 Å². The Morgan fingerprint density at radius 2 is 1.71 bits per heavy atom. The highest BCUT2D eigenvalue weighted by atomic mass is 32.2. The molecule has 0 saturated carbocycles. The van der Waals surface area contributed by atoms with Crippen LogP contribution in [-0.4, -0.2) is 55.0 Å². The molecule has 0 radical (unpaired) electrons. The van der Waals surface area contributed by atoms with Gasteiger partial charge in [-0.15, -0.1) is 0 Å². The first kappa shape index (κ1) is 15.8. The lowest BCUT2D eigenvalue weighted by molar-refractivity contribution is -0.141. The number of hydrogen-bond acceptors (Lipinski definition) is 5. The van der Waals surface area contributed by atoms with Crippen LogP contribution in [-0.2, 0) is 19.6 Å². The van der Waals surface area contributed by atoms with Crippen LogP contribution < -0.4 is 10.0 Å². The summed E-state index contributed by atoms with van der Waals surface area (Å²) in [5, 5.41) is 19.9. The second-order valence-corrected chi connectivity index (χ2v) is 5.46. The number of sulfonamides is 1. The highest BCUT2D eigenvalue weighted by Crippen LogP contribution is 1.97. The lowest BCUT2D eigenvalue weighted by atomic mass is 10.2. The van der Waals surface area contributed by atoms with E-state index in [1.54, 1.807) is 0 Å². The first-order valence-corrected chi connectivity index (χ1v) is 6.62. The van der Waals surface area contributed by atoms with Crippen LogP contribution in [0, 0.1) is 0 Å². The Labute approximate surface area is 99.1 Å². The predicted octanol–water partition coefficient (Wildman–Crippen LogP) is -2.13. The molecule has 100 valence electrons. The second kappa shape index (κ2) is 5.94. The van der Waals surface area contributed by atoms with Crippen LogP contribution in [0.25, 0.3) is 0 Å². The number of aliphatic hydroxyl groups is 1. The van der Waals surface area contributed by atoms with E-state index in [1.165, 1.54) is 13.8 Å². The van der Waals surface area contributed by atoms with Gasteiger partial charge >= 0.3 is 5.97 Å². The van der Waals surface area contributed by atoms with Crippen LogP contribution in [0.2, 0.25) is 0 Å². The summed E-state index contributed by atoms with van der Waals surface area (Å²) in [7, 11) is -3.69. The molecule has 0 aromatic rings. The van der Waals surface area contributed by atoms with Gasteiger partial charge in [0.15, 0.2) is 0 Å². The quantitative estimate of drug-likeness (QED) is 0.435. The summed E-state index contributed by atoms with van der Waals surface area (Å²) in [5.41, 5.74) is 0. The smallest absolute Gasteiger partial charge is 0.325 e. The number of carboxylic acid groups (broad SMARTS) is 1. The predicted molar refractivity (Wildman–Crippen MR) is 58.7 cm³/mol. The molecule has 0 unspecified atom stereocenters. The van der Waals surface area contributed by atoms with Gasteiger partial charge in [-0.1, -0.05) is 0 Å². The summed E-state index contributed by atoms with van der Waals surface area (Å²) >= 11 is 0. The molecule has 1 amide bonds. The fraction of sp³-hybridized carbons (Fsp3) is 0.750. The molecule has 0 aliphatic heterocycles. The number of carbonyl (C=O) groups excluding carboxylic acids is 1. The van der Waals surface area contributed by atoms with E-state index in [2.05, 4.69) is 5.32 Å². The van der Waals surface area contributed by atoms with Crippen LogP contribution >= 0.6 is 0 Å². The van der Waals surface area contributed by atoms with Gasteiger partial charge in [-0.25, -0.2) is 13.1 Å². The number of carboxylic acids is 1. The zero-order valence-corrected chi connectivity index (χ0v) is 10.5.